The van der Waals surface area contributed by atoms with Crippen LogP contribution in [0.2, 0.25) is 0 Å². The number of carbonyl (C=O) groups is 3. The van der Waals surface area contributed by atoms with Crippen molar-refractivity contribution in [2.75, 3.05) is 235 Å². The van der Waals surface area contributed by atoms with E-state index in [2.05, 4.69) is 112 Å². The van der Waals surface area contributed by atoms with E-state index in [1.807, 2.05) is 162 Å². The zero-order chi connectivity index (χ0) is 95.8. The van der Waals surface area contributed by atoms with Crippen molar-refractivity contribution in [2.24, 2.45) is 0 Å². The Morgan fingerprint density at radius 3 is 1.07 bits per heavy atom. The lowest BCUT2D eigenvalue weighted by Gasteiger charge is -2.37. The minimum atomic E-state index is -0.248. The molecule has 0 saturated carbocycles. The summed E-state index contributed by atoms with van der Waals surface area (Å²) in [6, 6.07) is 54.9. The van der Waals surface area contributed by atoms with Crippen LogP contribution in [0.5, 0.6) is 40.2 Å². The summed E-state index contributed by atoms with van der Waals surface area (Å²) in [5.41, 5.74) is 20.3. The summed E-state index contributed by atoms with van der Waals surface area (Å²) in [6.45, 7) is 28.4. The molecule has 6 amide bonds. The number of aryl methyl sites for hydroxylation is 6. The number of aromatic nitrogens is 6. The quantitative estimate of drug-likeness (QED) is 0.0602. The van der Waals surface area contributed by atoms with Crippen molar-refractivity contribution in [3.63, 3.8) is 0 Å². The lowest BCUT2D eigenvalue weighted by atomic mass is 10.1. The predicted molar refractivity (Wildman–Crippen MR) is 541 cm³/mol. The van der Waals surface area contributed by atoms with Crippen molar-refractivity contribution >= 4 is 116 Å². The molecule has 2 N–H and O–H groups in total. The highest BCUT2D eigenvalue weighted by Crippen LogP contribution is 2.48. The molecular formula is C105H121N21O11. The fourth-order valence-corrected chi connectivity index (χ4v) is 18.8. The average molecular weight is 1850 g/mol. The maximum atomic E-state index is 14.6. The van der Waals surface area contributed by atoms with Gasteiger partial charge in [-0.25, -0.2) is 49.0 Å². The van der Waals surface area contributed by atoms with Crippen LogP contribution in [-0.4, -0.2) is 238 Å². The molecule has 712 valence electrons. The number of anilines is 17. The van der Waals surface area contributed by atoms with Gasteiger partial charge in [0, 0.05) is 186 Å². The summed E-state index contributed by atoms with van der Waals surface area (Å²) in [5.74, 6) is 6.96. The van der Waals surface area contributed by atoms with Crippen LogP contribution in [0.15, 0.2) is 188 Å². The number of carbonyl (C=O) groups excluding carboxylic acids is 3. The molecule has 9 aromatic carbocycles. The van der Waals surface area contributed by atoms with Gasteiger partial charge in [0.1, 0.15) is 51.9 Å². The van der Waals surface area contributed by atoms with E-state index in [4.69, 9.17) is 57.8 Å². The number of rotatable bonds is 23. The zero-order valence-electron chi connectivity index (χ0n) is 81.0. The Hall–Kier alpha value is -14.7. The summed E-state index contributed by atoms with van der Waals surface area (Å²) in [4.78, 5) is 99.5. The first-order chi connectivity index (χ1) is 66.5. The van der Waals surface area contributed by atoms with Gasteiger partial charge in [-0.3, -0.25) is 14.7 Å². The zero-order valence-corrected chi connectivity index (χ0v) is 81.0. The molecule has 7 aliphatic heterocycles. The van der Waals surface area contributed by atoms with Gasteiger partial charge in [-0.15, -0.1) is 0 Å². The summed E-state index contributed by atoms with van der Waals surface area (Å²) in [5, 5.41) is 6.66. The fraction of sp³-hybridized carbons (Fsp3) is 0.343. The van der Waals surface area contributed by atoms with Gasteiger partial charge in [0.25, 0.3) is 0 Å². The molecule has 10 heterocycles. The van der Waals surface area contributed by atoms with Crippen LogP contribution in [0, 0.1) is 41.5 Å². The van der Waals surface area contributed by atoms with Gasteiger partial charge < -0.3 is 82.8 Å². The number of piperazine rings is 3. The topological polar surface area (TPSA) is 269 Å². The Morgan fingerprint density at radius 1 is 0.336 bits per heavy atom. The Morgan fingerprint density at radius 2 is 0.686 bits per heavy atom. The number of methoxy groups -OCH3 is 7. The molecule has 4 fully saturated rings. The third-order valence-corrected chi connectivity index (χ3v) is 26.3. The number of likely N-dealkylation sites (N-methyl/N-ethyl adjacent to an activating group) is 3. The van der Waals surface area contributed by atoms with Gasteiger partial charge in [-0.1, -0.05) is 54.6 Å². The van der Waals surface area contributed by atoms with Gasteiger partial charge in [0.05, 0.1) is 122 Å². The first-order valence-corrected chi connectivity index (χ1v) is 46.4. The van der Waals surface area contributed by atoms with Crippen LogP contribution in [0.1, 0.15) is 61.5 Å². The molecule has 3 aromatic heterocycles. The SMILES string of the molecule is COc1ccc(N2C(=O)N(c3c(C)cccc3C)Cc3cnc(Cc4cc(N5CCOCC5)cc(N5CCN(C)CC5)c4)nc32)c(OC)c1.COc1ccc(N2C(=O)N(c3c(C)cccc3C)Cc3cnc(Nc4ccc(N5CCN(C)CC5)cc4)nc32)c(OC)c1.COc1ccc(N2C(=O)N(c3c(C)cccc3C)Cc3cnc(Nc4ccc(N5CCN(C)CC5)cc4OC)nc32)c(OC)c1. The third kappa shape index (κ3) is 20.2. The maximum Gasteiger partial charge on any atom is 0.335 e. The molecule has 0 atom stereocenters. The molecule has 4 saturated heterocycles. The Labute approximate surface area is 801 Å². The Bertz CT molecular complexity index is 6340. The molecule has 0 aliphatic carbocycles. The lowest BCUT2D eigenvalue weighted by Crippen LogP contribution is -2.46. The van der Waals surface area contributed by atoms with Gasteiger partial charge in [0.2, 0.25) is 11.9 Å². The highest BCUT2D eigenvalue weighted by molar-refractivity contribution is 6.14. The Balaban J connectivity index is 0.000000143. The van der Waals surface area contributed by atoms with Gasteiger partial charge in [-0.2, -0.15) is 9.97 Å². The van der Waals surface area contributed by atoms with E-state index in [-0.39, 0.29) is 18.1 Å². The number of fused-ring (bicyclic) bond motifs is 3. The van der Waals surface area contributed by atoms with E-state index in [0.29, 0.717) is 119 Å². The van der Waals surface area contributed by atoms with E-state index in [1.165, 1.54) is 17.1 Å². The number of amides is 6. The number of hydrogen-bond acceptors (Lipinski definition) is 26. The molecule has 32 nitrogen and oxygen atoms in total. The summed E-state index contributed by atoms with van der Waals surface area (Å²) < 4.78 is 45.0. The first kappa shape index (κ1) is 94.1. The second-order valence-electron chi connectivity index (χ2n) is 35.4. The van der Waals surface area contributed by atoms with Crippen LogP contribution >= 0.6 is 0 Å². The van der Waals surface area contributed by atoms with Crippen molar-refractivity contribution < 1.29 is 52.3 Å². The van der Waals surface area contributed by atoms with Crippen molar-refractivity contribution in [1.82, 2.24) is 44.6 Å². The number of benzene rings is 9. The third-order valence-electron chi connectivity index (χ3n) is 26.3. The predicted octanol–water partition coefficient (Wildman–Crippen LogP) is 17.3. The second kappa shape index (κ2) is 41.6. The van der Waals surface area contributed by atoms with E-state index in [1.54, 1.807) is 111 Å². The van der Waals surface area contributed by atoms with Crippen LogP contribution in [0.3, 0.4) is 0 Å². The second-order valence-corrected chi connectivity index (χ2v) is 35.4. The molecule has 137 heavy (non-hydrogen) atoms. The number of morpholine rings is 1. The summed E-state index contributed by atoms with van der Waals surface area (Å²) >= 11 is 0. The van der Waals surface area contributed by atoms with Crippen molar-refractivity contribution in [3.8, 4) is 40.2 Å². The smallest absolute Gasteiger partial charge is 0.335 e. The van der Waals surface area contributed by atoms with Gasteiger partial charge >= 0.3 is 18.1 Å². The van der Waals surface area contributed by atoms with E-state index in [9.17, 15) is 14.4 Å². The molecule has 19 rings (SSSR count). The molecule has 0 bridgehead atoms. The average Bonchev–Trinajstić information content (AvgIpc) is 0.752. The van der Waals surface area contributed by atoms with Crippen molar-refractivity contribution in [3.05, 3.63) is 250 Å². The molecule has 12 aromatic rings. The van der Waals surface area contributed by atoms with Crippen molar-refractivity contribution in [2.45, 2.75) is 67.6 Å². The monoisotopic (exact) mass is 1850 g/mol. The van der Waals surface area contributed by atoms with E-state index >= 15 is 0 Å². The molecule has 0 spiro atoms. The molecule has 0 unspecified atom stereocenters. The lowest BCUT2D eigenvalue weighted by molar-refractivity contribution is 0.122. The first-order valence-electron chi connectivity index (χ1n) is 46.4. The number of hydrogen-bond donors (Lipinski definition) is 2. The summed E-state index contributed by atoms with van der Waals surface area (Å²) in [6.07, 6.45) is 5.96. The number of para-hydroxylation sites is 3. The Kier molecular flexibility index (Phi) is 28.6. The highest BCUT2D eigenvalue weighted by Gasteiger charge is 2.42. The van der Waals surface area contributed by atoms with Crippen LogP contribution < -0.4 is 92.8 Å². The number of nitrogens with zero attached hydrogens (tertiary/aromatic N) is 19. The molecule has 0 radical (unpaired) electrons. The highest BCUT2D eigenvalue weighted by atomic mass is 16.5. The van der Waals surface area contributed by atoms with Crippen molar-refractivity contribution in [1.29, 1.82) is 0 Å². The fourth-order valence-electron chi connectivity index (χ4n) is 18.8. The van der Waals surface area contributed by atoms with E-state index < -0.39 is 0 Å². The normalized spacial score (nSPS) is 15.9. The van der Waals surface area contributed by atoms with Gasteiger partial charge in [0.15, 0.2) is 11.6 Å². The number of nitrogens with one attached hydrogen (secondary N) is 2. The maximum absolute atomic E-state index is 14.6. The molecule has 7 aliphatic rings. The number of urea groups is 3. The molecular weight excluding hydrogens is 1730 g/mol. The van der Waals surface area contributed by atoms with Crippen LogP contribution in [0.25, 0.3) is 0 Å². The van der Waals surface area contributed by atoms with Crippen LogP contribution in [0.4, 0.5) is 112 Å². The summed E-state index contributed by atoms with van der Waals surface area (Å²) in [7, 11) is 17.7. The molecule has 32 heteroatoms. The minimum absolute atomic E-state index is 0.204. The van der Waals surface area contributed by atoms with Crippen LogP contribution in [-0.2, 0) is 30.8 Å². The minimum Gasteiger partial charge on any atom is -0.497 e. The van der Waals surface area contributed by atoms with E-state index in [0.717, 1.165) is 195 Å². The van der Waals surface area contributed by atoms with Gasteiger partial charge in [-0.05, 0) is 193 Å². The largest absolute Gasteiger partial charge is 0.497 e. The standard InChI is InChI=1S/C38H45N7O4.C34H39N7O4.C33H37N7O3/c1-26-7-6-8-27(2)36(26)44-25-29-24-39-35(40-37(29)45(38(44)46)33-10-9-32(47-4)23-34(33)48-5)21-28-19-30(42-13-11-41(3)12-14-42)22-31(20-28)43-15-17-49-18-16-43;1-22-8-7-9-23(2)31(22)40-21-24-20-35-33(36-27-12-10-25(18-29(27)44-5)39-16-14-38(3)15-17-39)37-32(24)41(34(40)42)28-13-11-26(43-4)19-30(28)45-6;1-22-7-6-8-23(2)30(22)39-21-24-20-34-32(35-25-9-11-26(12-10-25)38-17-15-37(3)16-18-38)36-31(24)40(33(39)41)28-14-13-27(42-4)19-29(28)43-5/h6-10,19-20,22-24H,11-18,21,25H2,1-5H3;7-13,18-20H,14-17,21H2,1-6H3,(H,35,36,37);6-14,19-20H,15-18,21H2,1-5H3,(H,34,35,36). The number of ether oxygens (including phenoxy) is 8.